The Morgan fingerprint density at radius 1 is 1.21 bits per heavy atom. The molecular weight excluding hydrogens is 484 g/mol. The standard InChI is InChI=1S/C29H38N4O5/c1-21-17-33(22(2)20-34)29(36)25-15-24(10-9-23-7-5-4-6-8-23)16-30-28(25)38-26(21)18-31(3)27(35)19-32-11-13-37-14-12-32/h4-10,15-16,21-22,26,34H,11-14,17-20H2,1-3H3/b10-9+/t21-,22+,26-/m1/s1. The first-order chi connectivity index (χ1) is 18.4. The molecule has 0 spiro atoms. The summed E-state index contributed by atoms with van der Waals surface area (Å²) in [6.45, 7) is 7.50. The molecule has 2 aliphatic heterocycles. The first-order valence-electron chi connectivity index (χ1n) is 13.2. The van der Waals surface area contributed by atoms with E-state index in [-0.39, 0.29) is 42.4 Å². The van der Waals surface area contributed by atoms with Crippen molar-refractivity contribution < 1.29 is 24.2 Å². The van der Waals surface area contributed by atoms with Gasteiger partial charge in [0.25, 0.3) is 5.91 Å². The number of likely N-dealkylation sites (N-methyl/N-ethyl adjacent to an activating group) is 1. The van der Waals surface area contributed by atoms with E-state index >= 15 is 0 Å². The van der Waals surface area contributed by atoms with E-state index in [1.807, 2.05) is 56.3 Å². The molecule has 4 rings (SSSR count). The van der Waals surface area contributed by atoms with Gasteiger partial charge in [-0.25, -0.2) is 4.98 Å². The number of nitrogens with zero attached hydrogens (tertiary/aromatic N) is 4. The van der Waals surface area contributed by atoms with E-state index in [2.05, 4.69) is 9.88 Å². The molecule has 0 aliphatic carbocycles. The second-order valence-electron chi connectivity index (χ2n) is 10.2. The molecule has 0 saturated carbocycles. The van der Waals surface area contributed by atoms with Crippen LogP contribution in [0.1, 0.15) is 35.3 Å². The Morgan fingerprint density at radius 2 is 1.92 bits per heavy atom. The molecule has 2 aromatic rings. The normalized spacial score (nSPS) is 21.4. The number of amides is 2. The summed E-state index contributed by atoms with van der Waals surface area (Å²) in [6.07, 6.45) is 5.17. The Labute approximate surface area is 224 Å². The summed E-state index contributed by atoms with van der Waals surface area (Å²) in [5.74, 6) is -0.0752. The number of fused-ring (bicyclic) bond motifs is 1. The quantitative estimate of drug-likeness (QED) is 0.568. The van der Waals surface area contributed by atoms with Crippen LogP contribution in [-0.4, -0.2) is 108 Å². The number of ether oxygens (including phenoxy) is 2. The molecular formula is C29H38N4O5. The van der Waals surface area contributed by atoms with Crippen molar-refractivity contribution in [3.05, 3.63) is 59.3 Å². The van der Waals surface area contributed by atoms with Gasteiger partial charge in [0.1, 0.15) is 11.7 Å². The summed E-state index contributed by atoms with van der Waals surface area (Å²) in [5, 5.41) is 9.89. The minimum atomic E-state index is -0.382. The predicted octanol–water partition coefficient (Wildman–Crippen LogP) is 2.26. The van der Waals surface area contributed by atoms with Crippen molar-refractivity contribution in [2.24, 2.45) is 5.92 Å². The number of pyridine rings is 1. The zero-order valence-corrected chi connectivity index (χ0v) is 22.5. The zero-order valence-electron chi connectivity index (χ0n) is 22.5. The van der Waals surface area contributed by atoms with Crippen molar-refractivity contribution in [3.8, 4) is 5.88 Å². The molecule has 1 N–H and O–H groups in total. The fourth-order valence-corrected chi connectivity index (χ4v) is 4.63. The van der Waals surface area contributed by atoms with Crippen LogP contribution < -0.4 is 4.74 Å². The number of rotatable bonds is 8. The minimum absolute atomic E-state index is 0.0102. The second kappa shape index (κ2) is 13.0. The van der Waals surface area contributed by atoms with Crippen molar-refractivity contribution in [2.45, 2.75) is 26.0 Å². The van der Waals surface area contributed by atoms with Gasteiger partial charge in [-0.3, -0.25) is 14.5 Å². The largest absolute Gasteiger partial charge is 0.472 e. The molecule has 204 valence electrons. The lowest BCUT2D eigenvalue weighted by Gasteiger charge is -2.38. The van der Waals surface area contributed by atoms with Crippen LogP contribution in [0, 0.1) is 5.92 Å². The summed E-state index contributed by atoms with van der Waals surface area (Å²) in [7, 11) is 1.78. The fourth-order valence-electron chi connectivity index (χ4n) is 4.63. The van der Waals surface area contributed by atoms with E-state index < -0.39 is 0 Å². The predicted molar refractivity (Wildman–Crippen MR) is 146 cm³/mol. The Hall–Kier alpha value is -3.27. The van der Waals surface area contributed by atoms with Crippen LogP contribution >= 0.6 is 0 Å². The van der Waals surface area contributed by atoms with Crippen molar-refractivity contribution in [1.82, 2.24) is 19.7 Å². The first-order valence-corrected chi connectivity index (χ1v) is 13.2. The highest BCUT2D eigenvalue weighted by molar-refractivity contribution is 5.97. The number of aliphatic hydroxyl groups is 1. The SMILES string of the molecule is C[C@@H]1CN([C@@H](C)CO)C(=O)c2cc(/C=C/c3ccccc3)cnc2O[C@@H]1CN(C)C(=O)CN1CCOCC1. The lowest BCUT2D eigenvalue weighted by molar-refractivity contribution is -0.133. The van der Waals surface area contributed by atoms with Crippen LogP contribution in [0.4, 0.5) is 0 Å². The molecule has 9 nitrogen and oxygen atoms in total. The summed E-state index contributed by atoms with van der Waals surface area (Å²) in [4.78, 5) is 36.6. The minimum Gasteiger partial charge on any atom is -0.472 e. The van der Waals surface area contributed by atoms with Crippen molar-refractivity contribution in [2.75, 3.05) is 59.6 Å². The van der Waals surface area contributed by atoms with Gasteiger partial charge in [-0.05, 0) is 24.1 Å². The van der Waals surface area contributed by atoms with E-state index in [1.54, 1.807) is 29.1 Å². The number of hydrogen-bond acceptors (Lipinski definition) is 7. The summed E-state index contributed by atoms with van der Waals surface area (Å²) in [6, 6.07) is 11.3. The monoisotopic (exact) mass is 522 g/mol. The van der Waals surface area contributed by atoms with Gasteiger partial charge in [-0.2, -0.15) is 0 Å². The number of aliphatic hydroxyl groups excluding tert-OH is 1. The molecule has 1 saturated heterocycles. The highest BCUT2D eigenvalue weighted by atomic mass is 16.5. The number of aromatic nitrogens is 1. The topological polar surface area (TPSA) is 95.4 Å². The maximum absolute atomic E-state index is 13.6. The summed E-state index contributed by atoms with van der Waals surface area (Å²) in [5.41, 5.74) is 2.15. The van der Waals surface area contributed by atoms with Crippen LogP contribution in [0.3, 0.4) is 0 Å². The van der Waals surface area contributed by atoms with Gasteiger partial charge in [0.05, 0.1) is 39.0 Å². The van der Waals surface area contributed by atoms with E-state index in [9.17, 15) is 14.7 Å². The molecule has 0 bridgehead atoms. The van der Waals surface area contributed by atoms with Crippen molar-refractivity contribution >= 4 is 24.0 Å². The van der Waals surface area contributed by atoms with Crippen LogP contribution in [0.2, 0.25) is 0 Å². The summed E-state index contributed by atoms with van der Waals surface area (Å²) >= 11 is 0. The number of benzene rings is 1. The second-order valence-corrected chi connectivity index (χ2v) is 10.2. The molecule has 2 aliphatic rings. The lowest BCUT2D eigenvalue weighted by Crippen LogP contribution is -2.51. The third kappa shape index (κ3) is 6.98. The van der Waals surface area contributed by atoms with Crippen LogP contribution in [0.15, 0.2) is 42.6 Å². The average molecular weight is 523 g/mol. The lowest BCUT2D eigenvalue weighted by atomic mass is 9.99. The van der Waals surface area contributed by atoms with E-state index in [4.69, 9.17) is 9.47 Å². The van der Waals surface area contributed by atoms with Crippen molar-refractivity contribution in [3.63, 3.8) is 0 Å². The van der Waals surface area contributed by atoms with Gasteiger partial charge in [0.2, 0.25) is 11.8 Å². The van der Waals surface area contributed by atoms with Crippen LogP contribution in [0.25, 0.3) is 12.2 Å². The maximum atomic E-state index is 13.6. The molecule has 1 aromatic heterocycles. The Morgan fingerprint density at radius 3 is 2.63 bits per heavy atom. The van der Waals surface area contributed by atoms with E-state index in [1.165, 1.54) is 0 Å². The van der Waals surface area contributed by atoms with Crippen LogP contribution in [0.5, 0.6) is 5.88 Å². The average Bonchev–Trinajstić information content (AvgIpc) is 2.94. The molecule has 1 aromatic carbocycles. The van der Waals surface area contributed by atoms with Gasteiger partial charge < -0.3 is 24.4 Å². The van der Waals surface area contributed by atoms with E-state index in [0.29, 0.717) is 38.4 Å². The maximum Gasteiger partial charge on any atom is 0.259 e. The van der Waals surface area contributed by atoms with Crippen molar-refractivity contribution in [1.29, 1.82) is 0 Å². The molecule has 0 unspecified atom stereocenters. The number of morpholine rings is 1. The molecule has 0 radical (unpaired) electrons. The highest BCUT2D eigenvalue weighted by Gasteiger charge is 2.34. The molecule has 3 atom stereocenters. The Bertz CT molecular complexity index is 1120. The summed E-state index contributed by atoms with van der Waals surface area (Å²) < 4.78 is 11.7. The highest BCUT2D eigenvalue weighted by Crippen LogP contribution is 2.28. The molecule has 1 fully saturated rings. The van der Waals surface area contributed by atoms with Gasteiger partial charge >= 0.3 is 0 Å². The molecule has 2 amide bonds. The third-order valence-corrected chi connectivity index (χ3v) is 7.15. The Kier molecular flexibility index (Phi) is 9.49. The smallest absolute Gasteiger partial charge is 0.259 e. The Balaban J connectivity index is 1.56. The van der Waals surface area contributed by atoms with Gasteiger partial charge in [-0.15, -0.1) is 0 Å². The number of hydrogen-bond donors (Lipinski definition) is 1. The fraction of sp³-hybridized carbons (Fsp3) is 0.483. The zero-order chi connectivity index (χ0) is 27.1. The molecule has 9 heteroatoms. The molecule has 38 heavy (non-hydrogen) atoms. The first kappa shape index (κ1) is 27.8. The molecule has 3 heterocycles. The third-order valence-electron chi connectivity index (χ3n) is 7.15. The van der Waals surface area contributed by atoms with Gasteiger partial charge in [0.15, 0.2) is 0 Å². The van der Waals surface area contributed by atoms with E-state index in [0.717, 1.165) is 24.2 Å². The number of carbonyl (C=O) groups excluding carboxylic acids is 2. The van der Waals surface area contributed by atoms with Gasteiger partial charge in [-0.1, -0.05) is 49.4 Å². The van der Waals surface area contributed by atoms with Crippen LogP contribution in [-0.2, 0) is 9.53 Å². The number of carbonyl (C=O) groups is 2. The van der Waals surface area contributed by atoms with Gasteiger partial charge in [0, 0.05) is 38.8 Å².